The Bertz CT molecular complexity index is 1210. The van der Waals surface area contributed by atoms with Gasteiger partial charge >= 0.3 is 12.1 Å². The molecule has 3 aromatic rings. The van der Waals surface area contributed by atoms with Crippen molar-refractivity contribution >= 4 is 23.5 Å². The maximum atomic E-state index is 12.3. The topological polar surface area (TPSA) is 129 Å². The molecule has 1 unspecified atom stereocenters. The van der Waals surface area contributed by atoms with E-state index in [1.54, 1.807) is 22.3 Å². The van der Waals surface area contributed by atoms with Crippen molar-refractivity contribution in [1.82, 2.24) is 34.9 Å². The van der Waals surface area contributed by atoms with Crippen molar-refractivity contribution in [2.75, 3.05) is 18.1 Å². The minimum absolute atomic E-state index is 0.0278. The van der Waals surface area contributed by atoms with E-state index >= 15 is 0 Å². The Morgan fingerprint density at radius 3 is 2.86 bits per heavy atom. The average molecular weight is 499 g/mol. The highest BCUT2D eigenvalue weighted by molar-refractivity contribution is 5.95. The summed E-state index contributed by atoms with van der Waals surface area (Å²) >= 11 is 0. The number of amides is 1. The summed E-state index contributed by atoms with van der Waals surface area (Å²) in [6.45, 7) is 10.9. The van der Waals surface area contributed by atoms with Crippen LogP contribution in [-0.2, 0) is 16.0 Å². The molecule has 12 heteroatoms. The molecule has 1 fully saturated rings. The number of ether oxygens (including phenoxy) is 2. The molecule has 12 nitrogen and oxygen atoms in total. The highest BCUT2D eigenvalue weighted by Gasteiger charge is 2.30. The molecule has 194 valence electrons. The third-order valence-electron chi connectivity index (χ3n) is 5.85. The molecular weight excluding hydrogens is 464 g/mol. The van der Waals surface area contributed by atoms with E-state index in [2.05, 4.69) is 25.6 Å². The number of anilines is 1. The number of esters is 1. The monoisotopic (exact) mass is 498 g/mol. The molecule has 0 bridgehead atoms. The zero-order chi connectivity index (χ0) is 25.9. The Labute approximate surface area is 210 Å². The summed E-state index contributed by atoms with van der Waals surface area (Å²) in [5.41, 5.74) is 1.14. The number of nitrogens with zero attached hydrogens (tertiary/aromatic N) is 7. The number of nitrogens with one attached hydrogen (secondary N) is 1. The first kappa shape index (κ1) is 25.4. The predicted octanol–water partition coefficient (Wildman–Crippen LogP) is 3.14. The lowest BCUT2D eigenvalue weighted by Gasteiger charge is -2.24. The lowest BCUT2D eigenvalue weighted by atomic mass is 10.1. The van der Waals surface area contributed by atoms with Gasteiger partial charge in [0.2, 0.25) is 0 Å². The van der Waals surface area contributed by atoms with Crippen LogP contribution in [-0.4, -0.2) is 66.4 Å². The van der Waals surface area contributed by atoms with Crippen molar-refractivity contribution in [2.45, 2.75) is 78.1 Å². The van der Waals surface area contributed by atoms with Crippen molar-refractivity contribution in [3.05, 3.63) is 35.9 Å². The van der Waals surface area contributed by atoms with Gasteiger partial charge in [0.05, 0.1) is 25.0 Å². The minimum atomic E-state index is -0.532. The maximum Gasteiger partial charge on any atom is 0.407 e. The van der Waals surface area contributed by atoms with Gasteiger partial charge in [0.15, 0.2) is 5.65 Å². The predicted molar refractivity (Wildman–Crippen MR) is 132 cm³/mol. The zero-order valence-corrected chi connectivity index (χ0v) is 21.5. The van der Waals surface area contributed by atoms with Crippen LogP contribution < -0.4 is 10.2 Å². The van der Waals surface area contributed by atoms with E-state index < -0.39 is 17.7 Å². The summed E-state index contributed by atoms with van der Waals surface area (Å²) in [5, 5.41) is 15.8. The SMILES string of the molecule is CCOC(=O)c1cnn2ccc(N3CCCC3c3cn(CC[C@@H](C)NC(=O)OC(C)(C)C)nn3)nc12. The standard InChI is InChI=1S/C24H34N8O4/c1-6-35-22(33)17-14-25-32-13-10-20(27-21(17)32)31-11-7-8-19(31)18-15-30(29-28-18)12-9-16(2)26-23(34)36-24(3,4)5/h10,13-16,19H,6-9,11-12H2,1-5H3,(H,26,34)/t16-,19?/m1/s1. The number of aromatic nitrogens is 6. The molecule has 3 aromatic heterocycles. The smallest absolute Gasteiger partial charge is 0.407 e. The van der Waals surface area contributed by atoms with E-state index in [0.29, 0.717) is 24.2 Å². The molecule has 0 saturated carbocycles. The van der Waals surface area contributed by atoms with Crippen molar-refractivity contribution in [3.63, 3.8) is 0 Å². The second kappa shape index (κ2) is 10.5. The lowest BCUT2D eigenvalue weighted by molar-refractivity contribution is 0.0501. The van der Waals surface area contributed by atoms with E-state index in [1.807, 2.05) is 40.0 Å². The number of aryl methyl sites for hydroxylation is 1. The largest absolute Gasteiger partial charge is 0.462 e. The maximum absolute atomic E-state index is 12.3. The number of alkyl carbamates (subject to hydrolysis) is 1. The van der Waals surface area contributed by atoms with Gasteiger partial charge in [-0.1, -0.05) is 5.21 Å². The Morgan fingerprint density at radius 1 is 1.31 bits per heavy atom. The Balaban J connectivity index is 1.42. The highest BCUT2D eigenvalue weighted by Crippen LogP contribution is 2.34. The van der Waals surface area contributed by atoms with E-state index in [0.717, 1.165) is 30.9 Å². The van der Waals surface area contributed by atoms with Crippen LogP contribution in [0.15, 0.2) is 24.7 Å². The zero-order valence-electron chi connectivity index (χ0n) is 21.5. The molecule has 0 aromatic carbocycles. The van der Waals surface area contributed by atoms with Gasteiger partial charge in [-0.25, -0.2) is 19.1 Å². The molecule has 4 rings (SSSR count). The van der Waals surface area contributed by atoms with Crippen LogP contribution in [0.25, 0.3) is 5.65 Å². The van der Waals surface area contributed by atoms with Gasteiger partial charge < -0.3 is 19.7 Å². The molecule has 1 aliphatic rings. The van der Waals surface area contributed by atoms with Crippen molar-refractivity contribution in [2.24, 2.45) is 0 Å². The number of carbonyl (C=O) groups is 2. The molecule has 1 amide bonds. The molecule has 36 heavy (non-hydrogen) atoms. The van der Waals surface area contributed by atoms with Crippen LogP contribution in [0.3, 0.4) is 0 Å². The summed E-state index contributed by atoms with van der Waals surface area (Å²) in [7, 11) is 0. The van der Waals surface area contributed by atoms with E-state index in [9.17, 15) is 9.59 Å². The summed E-state index contributed by atoms with van der Waals surface area (Å²) < 4.78 is 13.8. The first-order valence-electron chi connectivity index (χ1n) is 12.3. The number of fused-ring (bicyclic) bond motifs is 1. The molecule has 1 N–H and O–H groups in total. The molecular formula is C24H34N8O4. The van der Waals surface area contributed by atoms with Gasteiger partial charge in [0.25, 0.3) is 0 Å². The van der Waals surface area contributed by atoms with Crippen molar-refractivity contribution < 1.29 is 19.1 Å². The van der Waals surface area contributed by atoms with Gasteiger partial charge in [-0.05, 0) is 59.9 Å². The minimum Gasteiger partial charge on any atom is -0.462 e. The van der Waals surface area contributed by atoms with Crippen LogP contribution >= 0.6 is 0 Å². The van der Waals surface area contributed by atoms with Crippen LogP contribution in [0.5, 0.6) is 0 Å². The van der Waals surface area contributed by atoms with Gasteiger partial charge in [0, 0.05) is 25.3 Å². The quantitative estimate of drug-likeness (QED) is 0.466. The fraction of sp³-hybridized carbons (Fsp3) is 0.583. The third kappa shape index (κ3) is 5.92. The van der Waals surface area contributed by atoms with Crippen LogP contribution in [0.4, 0.5) is 10.6 Å². The average Bonchev–Trinajstić information content (AvgIpc) is 3.54. The summed E-state index contributed by atoms with van der Waals surface area (Å²) in [4.78, 5) is 31.2. The fourth-order valence-electron chi connectivity index (χ4n) is 4.20. The number of rotatable bonds is 8. The van der Waals surface area contributed by atoms with E-state index in [1.165, 1.54) is 6.20 Å². The molecule has 1 saturated heterocycles. The summed E-state index contributed by atoms with van der Waals surface area (Å²) in [5.74, 6) is 0.314. The molecule has 0 radical (unpaired) electrons. The van der Waals surface area contributed by atoms with Gasteiger partial charge in [-0.3, -0.25) is 4.68 Å². The van der Waals surface area contributed by atoms with Crippen LogP contribution in [0, 0.1) is 0 Å². The normalized spacial score (nSPS) is 16.8. The van der Waals surface area contributed by atoms with Crippen LogP contribution in [0.1, 0.15) is 76.0 Å². The van der Waals surface area contributed by atoms with E-state index in [-0.39, 0.29) is 18.7 Å². The summed E-state index contributed by atoms with van der Waals surface area (Å²) in [6.07, 6.45) is 7.40. The van der Waals surface area contributed by atoms with Crippen molar-refractivity contribution in [3.8, 4) is 0 Å². The fourth-order valence-corrected chi connectivity index (χ4v) is 4.20. The van der Waals surface area contributed by atoms with Crippen molar-refractivity contribution in [1.29, 1.82) is 0 Å². The van der Waals surface area contributed by atoms with Gasteiger partial charge in [0.1, 0.15) is 22.7 Å². The van der Waals surface area contributed by atoms with Crippen LogP contribution in [0.2, 0.25) is 0 Å². The molecule has 0 aliphatic carbocycles. The Kier molecular flexibility index (Phi) is 7.41. The van der Waals surface area contributed by atoms with Gasteiger partial charge in [-0.2, -0.15) is 5.10 Å². The number of carbonyl (C=O) groups excluding carboxylic acids is 2. The highest BCUT2D eigenvalue weighted by atomic mass is 16.6. The Hall–Kier alpha value is -3.70. The number of hydrogen-bond donors (Lipinski definition) is 1. The summed E-state index contributed by atoms with van der Waals surface area (Å²) in [6, 6.07) is 1.84. The first-order valence-corrected chi connectivity index (χ1v) is 12.3. The second-order valence-corrected chi connectivity index (χ2v) is 9.93. The molecule has 2 atom stereocenters. The number of hydrogen-bond acceptors (Lipinski definition) is 9. The third-order valence-corrected chi connectivity index (χ3v) is 5.85. The Morgan fingerprint density at radius 2 is 2.11 bits per heavy atom. The lowest BCUT2D eigenvalue weighted by Crippen LogP contribution is -2.38. The molecule has 1 aliphatic heterocycles. The van der Waals surface area contributed by atoms with Gasteiger partial charge in [-0.15, -0.1) is 5.10 Å². The second-order valence-electron chi connectivity index (χ2n) is 9.93. The molecule has 4 heterocycles. The first-order chi connectivity index (χ1) is 17.1. The molecule has 0 spiro atoms. The van der Waals surface area contributed by atoms with E-state index in [4.69, 9.17) is 14.5 Å².